The summed E-state index contributed by atoms with van der Waals surface area (Å²) in [5.41, 5.74) is 0.947. The van der Waals surface area contributed by atoms with E-state index in [1.54, 1.807) is 43.5 Å². The van der Waals surface area contributed by atoms with Crippen molar-refractivity contribution in [1.29, 1.82) is 0 Å². The quantitative estimate of drug-likeness (QED) is 0.213. The van der Waals surface area contributed by atoms with Gasteiger partial charge in [0.25, 0.3) is 0 Å². The molecule has 35 heavy (non-hydrogen) atoms. The van der Waals surface area contributed by atoms with E-state index in [9.17, 15) is 19.2 Å². The van der Waals surface area contributed by atoms with E-state index in [1.165, 1.54) is 30.7 Å². The van der Waals surface area contributed by atoms with Gasteiger partial charge in [0.05, 0.1) is 11.4 Å². The number of Topliss-reactive ketones (excluding diaryl/α,β-unsaturated/α-hetero) is 2. The molecule has 3 rings (SSSR count). The van der Waals surface area contributed by atoms with Crippen molar-refractivity contribution in [2.24, 2.45) is 10.2 Å². The van der Waals surface area contributed by atoms with Crippen molar-refractivity contribution in [3.05, 3.63) is 101 Å². The Morgan fingerprint density at radius 3 is 2.03 bits per heavy atom. The molecule has 0 saturated carbocycles. The van der Waals surface area contributed by atoms with Gasteiger partial charge >= 0.3 is 0 Å². The lowest BCUT2D eigenvalue weighted by molar-refractivity contribution is -0.126. The predicted molar refractivity (Wildman–Crippen MR) is 133 cm³/mol. The normalized spacial score (nSPS) is 10.8. The first-order chi connectivity index (χ1) is 16.7. The third-order valence-electron chi connectivity index (χ3n) is 4.40. The first-order valence-corrected chi connectivity index (χ1v) is 10.7. The fourth-order valence-electron chi connectivity index (χ4n) is 2.67. The van der Waals surface area contributed by atoms with E-state index < -0.39 is 11.8 Å². The van der Waals surface area contributed by atoms with Crippen molar-refractivity contribution < 1.29 is 14.4 Å². The smallest absolute Gasteiger partial charge is 0.211 e. The number of carbonyl (C=O) groups excluding carboxylic acids is 3. The third kappa shape index (κ3) is 8.73. The lowest BCUT2D eigenvalue weighted by atomic mass is 10.1. The van der Waals surface area contributed by atoms with Gasteiger partial charge < -0.3 is 4.90 Å². The van der Waals surface area contributed by atoms with Gasteiger partial charge in [-0.3, -0.25) is 19.2 Å². The summed E-state index contributed by atoms with van der Waals surface area (Å²) >= 11 is 0. The summed E-state index contributed by atoms with van der Waals surface area (Å²) in [6.45, 7) is 2.66. The lowest BCUT2D eigenvalue weighted by Crippen LogP contribution is -2.23. The number of benzene rings is 2. The molecular weight excluding hydrogens is 446 g/mol. The van der Waals surface area contributed by atoms with Crippen LogP contribution in [0.15, 0.2) is 100 Å². The molecule has 0 radical (unpaired) electrons. The predicted octanol–water partition coefficient (Wildman–Crippen LogP) is 3.81. The first-order valence-electron chi connectivity index (χ1n) is 10.7. The van der Waals surface area contributed by atoms with Gasteiger partial charge in [-0.1, -0.05) is 36.4 Å². The number of allylic oxidation sites excluding steroid dienone is 1. The SMILES string of the molecule is CC(=O)C(N=Nc1ccccc1)C(C)=O.CN(C)/C=C/C(=O)c1nn(-c2ccccc2)ccc1=O. The van der Waals surface area contributed by atoms with Crippen molar-refractivity contribution in [2.45, 2.75) is 19.9 Å². The van der Waals surface area contributed by atoms with Crippen LogP contribution in [0.25, 0.3) is 5.69 Å². The minimum Gasteiger partial charge on any atom is -0.383 e. The van der Waals surface area contributed by atoms with E-state index in [0.29, 0.717) is 5.69 Å². The fraction of sp³-hybridized carbons (Fsp3) is 0.192. The Labute approximate surface area is 203 Å². The molecule has 0 N–H and O–H groups in total. The van der Waals surface area contributed by atoms with Crippen LogP contribution in [-0.2, 0) is 9.59 Å². The van der Waals surface area contributed by atoms with Crippen molar-refractivity contribution in [1.82, 2.24) is 14.7 Å². The van der Waals surface area contributed by atoms with Crippen molar-refractivity contribution in [3.8, 4) is 5.69 Å². The number of rotatable bonds is 8. The lowest BCUT2D eigenvalue weighted by Gasteiger charge is -2.06. The van der Waals surface area contributed by atoms with Crippen LogP contribution in [0.4, 0.5) is 5.69 Å². The van der Waals surface area contributed by atoms with Crippen molar-refractivity contribution in [2.75, 3.05) is 14.1 Å². The Morgan fingerprint density at radius 2 is 1.49 bits per heavy atom. The van der Waals surface area contributed by atoms with Crippen LogP contribution < -0.4 is 5.43 Å². The monoisotopic (exact) mass is 473 g/mol. The molecule has 1 aromatic heterocycles. The maximum absolute atomic E-state index is 12.0. The van der Waals surface area contributed by atoms with Gasteiger partial charge in [0, 0.05) is 38.6 Å². The van der Waals surface area contributed by atoms with E-state index in [-0.39, 0.29) is 22.7 Å². The molecule has 0 unspecified atom stereocenters. The first kappa shape index (κ1) is 26.7. The minimum absolute atomic E-state index is 0.0885. The number of hydrogen-bond acceptors (Lipinski definition) is 8. The second kappa shape index (κ2) is 13.2. The zero-order valence-corrected chi connectivity index (χ0v) is 20.0. The molecule has 9 nitrogen and oxygen atoms in total. The van der Waals surface area contributed by atoms with Crippen LogP contribution in [-0.4, -0.2) is 52.2 Å². The molecule has 180 valence electrons. The van der Waals surface area contributed by atoms with Crippen LogP contribution in [0.2, 0.25) is 0 Å². The summed E-state index contributed by atoms with van der Waals surface area (Å²) in [5, 5.41) is 11.7. The number of aromatic nitrogens is 2. The standard InChI is InChI=1S/C15H15N3O2.C11H12N2O2/c1-17(2)10-8-13(19)15-14(20)9-11-18(16-15)12-6-4-3-5-7-12;1-8(14)11(9(2)15)13-12-10-6-4-3-5-7-10/h3-11H,1-2H3;3-7,11H,1-2H3/b10-8+;. The third-order valence-corrected chi connectivity index (χ3v) is 4.40. The summed E-state index contributed by atoms with van der Waals surface area (Å²) in [4.78, 5) is 47.5. The Morgan fingerprint density at radius 1 is 0.914 bits per heavy atom. The summed E-state index contributed by atoms with van der Waals surface area (Å²) in [7, 11) is 3.59. The van der Waals surface area contributed by atoms with Crippen LogP contribution in [0.3, 0.4) is 0 Å². The fourth-order valence-corrected chi connectivity index (χ4v) is 2.67. The maximum Gasteiger partial charge on any atom is 0.211 e. The minimum atomic E-state index is -0.967. The molecule has 0 bridgehead atoms. The molecule has 0 saturated heterocycles. The highest BCUT2D eigenvalue weighted by Crippen LogP contribution is 2.11. The molecule has 3 aromatic rings. The molecule has 0 aliphatic carbocycles. The second-order valence-electron chi connectivity index (χ2n) is 7.63. The highest BCUT2D eigenvalue weighted by Gasteiger charge is 2.18. The molecule has 0 aliphatic heterocycles. The maximum atomic E-state index is 12.0. The molecule has 0 atom stereocenters. The van der Waals surface area contributed by atoms with Crippen LogP contribution in [0.5, 0.6) is 0 Å². The van der Waals surface area contributed by atoms with Crippen LogP contribution >= 0.6 is 0 Å². The molecule has 0 amide bonds. The Kier molecular flexibility index (Phi) is 10.1. The van der Waals surface area contributed by atoms with Crippen LogP contribution in [0, 0.1) is 0 Å². The molecule has 9 heteroatoms. The van der Waals surface area contributed by atoms with Gasteiger partial charge in [0.1, 0.15) is 0 Å². The van der Waals surface area contributed by atoms with Gasteiger partial charge in [-0.25, -0.2) is 4.68 Å². The largest absolute Gasteiger partial charge is 0.383 e. The van der Waals surface area contributed by atoms with Gasteiger partial charge in [-0.15, -0.1) is 0 Å². The highest BCUT2D eigenvalue weighted by atomic mass is 16.2. The van der Waals surface area contributed by atoms with E-state index in [4.69, 9.17) is 0 Å². The van der Waals surface area contributed by atoms with Crippen molar-refractivity contribution in [3.63, 3.8) is 0 Å². The summed E-state index contributed by atoms with van der Waals surface area (Å²) < 4.78 is 1.51. The Bertz CT molecular complexity index is 1250. The summed E-state index contributed by atoms with van der Waals surface area (Å²) in [6, 6.07) is 18.7. The average Bonchev–Trinajstić information content (AvgIpc) is 2.84. The molecular formula is C26H27N5O4. The summed E-state index contributed by atoms with van der Waals surface area (Å²) in [6.07, 6.45) is 4.46. The summed E-state index contributed by atoms with van der Waals surface area (Å²) in [5.74, 6) is -0.988. The van der Waals surface area contributed by atoms with Crippen molar-refractivity contribution >= 4 is 23.0 Å². The zero-order chi connectivity index (χ0) is 25.8. The van der Waals surface area contributed by atoms with Crippen LogP contribution in [0.1, 0.15) is 24.3 Å². The number of nitrogens with zero attached hydrogens (tertiary/aromatic N) is 5. The second-order valence-corrected chi connectivity index (χ2v) is 7.63. The van der Waals surface area contributed by atoms with E-state index in [2.05, 4.69) is 15.3 Å². The van der Waals surface area contributed by atoms with E-state index >= 15 is 0 Å². The molecule has 2 aromatic carbocycles. The number of ketones is 3. The topological polar surface area (TPSA) is 114 Å². The van der Waals surface area contributed by atoms with Gasteiger partial charge in [-0.2, -0.15) is 15.3 Å². The van der Waals surface area contributed by atoms with E-state index in [1.807, 2.05) is 48.5 Å². The molecule has 0 aliphatic rings. The van der Waals surface area contributed by atoms with E-state index in [0.717, 1.165) is 5.69 Å². The molecule has 1 heterocycles. The zero-order valence-electron chi connectivity index (χ0n) is 20.0. The molecule has 0 fully saturated rings. The number of para-hydroxylation sites is 1. The number of carbonyl (C=O) groups is 3. The van der Waals surface area contributed by atoms with Gasteiger partial charge in [0.2, 0.25) is 11.2 Å². The highest BCUT2D eigenvalue weighted by molar-refractivity contribution is 6.04. The van der Waals surface area contributed by atoms with Gasteiger partial charge in [-0.05, 0) is 38.1 Å². The van der Waals surface area contributed by atoms with Gasteiger partial charge in [0.15, 0.2) is 23.3 Å². The Hall–Kier alpha value is -4.53. The number of hydrogen-bond donors (Lipinski definition) is 0. The molecule has 0 spiro atoms. The number of azo groups is 1. The average molecular weight is 474 g/mol. The Balaban J connectivity index is 0.000000258.